The van der Waals surface area contributed by atoms with Crippen molar-refractivity contribution in [3.05, 3.63) is 64.0 Å². The van der Waals surface area contributed by atoms with E-state index in [2.05, 4.69) is 10.6 Å². The minimum absolute atomic E-state index is 0.127. The molecule has 5 nitrogen and oxygen atoms in total. The van der Waals surface area contributed by atoms with E-state index in [1.54, 1.807) is 30.3 Å². The summed E-state index contributed by atoms with van der Waals surface area (Å²) in [5.41, 5.74) is 0.610. The molecular formula is C16H16N2O3S. The molecule has 0 saturated heterocycles. The molecule has 3 N–H and O–H groups in total. The topological polar surface area (TPSA) is 78.4 Å². The Morgan fingerprint density at radius 3 is 2.55 bits per heavy atom. The zero-order valence-corrected chi connectivity index (χ0v) is 12.6. The number of hydrogen-bond acceptors (Lipinski definition) is 4. The SMILES string of the molecule is O=C(NCCO)/C(=C\c1cccs1)NC(=O)c1ccccc1. The van der Waals surface area contributed by atoms with Crippen molar-refractivity contribution in [2.75, 3.05) is 13.2 Å². The molecule has 6 heteroatoms. The fraction of sp³-hybridized carbons (Fsp3) is 0.125. The number of rotatable bonds is 6. The summed E-state index contributed by atoms with van der Waals surface area (Å²) in [6, 6.07) is 12.4. The van der Waals surface area contributed by atoms with Crippen molar-refractivity contribution in [1.29, 1.82) is 0 Å². The van der Waals surface area contributed by atoms with Crippen LogP contribution < -0.4 is 10.6 Å². The minimum Gasteiger partial charge on any atom is -0.395 e. The zero-order chi connectivity index (χ0) is 15.8. The number of carbonyl (C=O) groups is 2. The summed E-state index contributed by atoms with van der Waals surface area (Å²) in [4.78, 5) is 25.1. The molecule has 1 aromatic heterocycles. The first kappa shape index (κ1) is 15.9. The average molecular weight is 316 g/mol. The maximum Gasteiger partial charge on any atom is 0.267 e. The molecule has 2 rings (SSSR count). The molecule has 0 radical (unpaired) electrons. The van der Waals surface area contributed by atoms with E-state index >= 15 is 0 Å². The standard InChI is InChI=1S/C16H16N2O3S/c19-9-8-17-16(21)14(11-13-7-4-10-22-13)18-15(20)12-5-2-1-3-6-12/h1-7,10-11,19H,8-9H2,(H,17,21)(H,18,20)/b14-11+. The summed E-state index contributed by atoms with van der Waals surface area (Å²) in [6.07, 6.45) is 1.61. The van der Waals surface area contributed by atoms with Gasteiger partial charge in [0.1, 0.15) is 5.70 Å². The molecule has 114 valence electrons. The normalized spacial score (nSPS) is 11.0. The maximum atomic E-state index is 12.2. The quantitative estimate of drug-likeness (QED) is 0.709. The molecule has 0 fully saturated rings. The summed E-state index contributed by atoms with van der Waals surface area (Å²) >= 11 is 1.46. The Labute approximate surface area is 132 Å². The van der Waals surface area contributed by atoms with Gasteiger partial charge in [0.15, 0.2) is 0 Å². The highest BCUT2D eigenvalue weighted by Gasteiger charge is 2.14. The molecule has 0 saturated carbocycles. The van der Waals surface area contributed by atoms with Crippen LogP contribution in [0.25, 0.3) is 6.08 Å². The van der Waals surface area contributed by atoms with E-state index in [1.807, 2.05) is 23.6 Å². The van der Waals surface area contributed by atoms with Crippen molar-refractivity contribution in [2.24, 2.45) is 0 Å². The molecule has 22 heavy (non-hydrogen) atoms. The fourth-order valence-corrected chi connectivity index (χ4v) is 2.38. The second-order valence-corrected chi connectivity index (χ2v) is 5.35. The van der Waals surface area contributed by atoms with E-state index in [-0.39, 0.29) is 24.8 Å². The Hall–Kier alpha value is -2.44. The van der Waals surface area contributed by atoms with Crippen LogP contribution in [0.4, 0.5) is 0 Å². The number of benzene rings is 1. The molecule has 2 aromatic rings. The van der Waals surface area contributed by atoms with Gasteiger partial charge in [-0.1, -0.05) is 24.3 Å². The highest BCUT2D eigenvalue weighted by Crippen LogP contribution is 2.13. The van der Waals surface area contributed by atoms with E-state index in [9.17, 15) is 9.59 Å². The highest BCUT2D eigenvalue weighted by molar-refractivity contribution is 7.10. The number of carbonyl (C=O) groups excluding carboxylic acids is 2. The van der Waals surface area contributed by atoms with Gasteiger partial charge < -0.3 is 15.7 Å². The Bertz CT molecular complexity index is 651. The number of amides is 2. The summed E-state index contributed by atoms with van der Waals surface area (Å²) in [7, 11) is 0. The molecular weight excluding hydrogens is 300 g/mol. The van der Waals surface area contributed by atoms with Gasteiger partial charge >= 0.3 is 0 Å². The summed E-state index contributed by atoms with van der Waals surface area (Å²) < 4.78 is 0. The van der Waals surface area contributed by atoms with Crippen LogP contribution in [-0.2, 0) is 4.79 Å². The van der Waals surface area contributed by atoms with Gasteiger partial charge in [-0.15, -0.1) is 11.3 Å². The van der Waals surface area contributed by atoms with Gasteiger partial charge in [-0.3, -0.25) is 9.59 Å². The molecule has 0 unspecified atom stereocenters. The summed E-state index contributed by atoms with van der Waals surface area (Å²) in [5.74, 6) is -0.797. The number of thiophene rings is 1. The molecule has 0 bridgehead atoms. The van der Waals surface area contributed by atoms with Crippen LogP contribution in [0.5, 0.6) is 0 Å². The average Bonchev–Trinajstić information content (AvgIpc) is 3.05. The molecule has 2 amide bonds. The molecule has 0 aliphatic carbocycles. The van der Waals surface area contributed by atoms with E-state index in [1.165, 1.54) is 11.3 Å². The van der Waals surface area contributed by atoms with Crippen molar-refractivity contribution in [1.82, 2.24) is 10.6 Å². The van der Waals surface area contributed by atoms with Crippen molar-refractivity contribution in [3.8, 4) is 0 Å². The van der Waals surface area contributed by atoms with Gasteiger partial charge in [0.2, 0.25) is 0 Å². The maximum absolute atomic E-state index is 12.2. The predicted octanol–water partition coefficient (Wildman–Crippen LogP) is 1.63. The van der Waals surface area contributed by atoms with Gasteiger partial charge in [0.05, 0.1) is 6.61 Å². The Kier molecular flexibility index (Phi) is 5.88. The number of aliphatic hydroxyl groups is 1. The third-order valence-electron chi connectivity index (χ3n) is 2.76. The van der Waals surface area contributed by atoms with Crippen LogP contribution >= 0.6 is 11.3 Å². The number of nitrogens with one attached hydrogen (secondary N) is 2. The Balaban J connectivity index is 2.17. The van der Waals surface area contributed by atoms with Gasteiger partial charge in [-0.05, 0) is 29.7 Å². The lowest BCUT2D eigenvalue weighted by Gasteiger charge is -2.10. The van der Waals surface area contributed by atoms with Gasteiger partial charge in [0, 0.05) is 17.0 Å². The predicted molar refractivity (Wildman–Crippen MR) is 86.3 cm³/mol. The molecule has 0 aliphatic heterocycles. The van der Waals surface area contributed by atoms with Crippen LogP contribution in [0.2, 0.25) is 0 Å². The third-order valence-corrected chi connectivity index (χ3v) is 3.58. The minimum atomic E-state index is -0.438. The molecule has 0 spiro atoms. The largest absolute Gasteiger partial charge is 0.395 e. The third kappa shape index (κ3) is 4.54. The van der Waals surface area contributed by atoms with E-state index in [4.69, 9.17) is 5.11 Å². The van der Waals surface area contributed by atoms with Crippen molar-refractivity contribution < 1.29 is 14.7 Å². The lowest BCUT2D eigenvalue weighted by atomic mass is 10.2. The van der Waals surface area contributed by atoms with Crippen molar-refractivity contribution in [3.63, 3.8) is 0 Å². The number of hydrogen-bond donors (Lipinski definition) is 3. The monoisotopic (exact) mass is 316 g/mol. The van der Waals surface area contributed by atoms with Crippen molar-refractivity contribution >= 4 is 29.2 Å². The van der Waals surface area contributed by atoms with Gasteiger partial charge in [0.25, 0.3) is 11.8 Å². The van der Waals surface area contributed by atoms with E-state index in [0.717, 1.165) is 4.88 Å². The smallest absolute Gasteiger partial charge is 0.267 e. The van der Waals surface area contributed by atoms with Crippen LogP contribution in [0.1, 0.15) is 15.2 Å². The number of aliphatic hydroxyl groups excluding tert-OH is 1. The second-order valence-electron chi connectivity index (χ2n) is 4.37. The lowest BCUT2D eigenvalue weighted by molar-refractivity contribution is -0.117. The molecule has 0 aliphatic rings. The zero-order valence-electron chi connectivity index (χ0n) is 11.8. The van der Waals surface area contributed by atoms with E-state index < -0.39 is 5.91 Å². The molecule has 1 aromatic carbocycles. The Morgan fingerprint density at radius 1 is 1.14 bits per heavy atom. The van der Waals surface area contributed by atoms with E-state index in [0.29, 0.717) is 5.56 Å². The van der Waals surface area contributed by atoms with Crippen molar-refractivity contribution in [2.45, 2.75) is 0 Å². The first-order chi connectivity index (χ1) is 10.7. The van der Waals surface area contributed by atoms with Crippen LogP contribution in [-0.4, -0.2) is 30.1 Å². The fourth-order valence-electron chi connectivity index (χ4n) is 1.72. The van der Waals surface area contributed by atoms with Crippen LogP contribution in [0.15, 0.2) is 53.5 Å². The molecule has 0 atom stereocenters. The molecule has 1 heterocycles. The highest BCUT2D eigenvalue weighted by atomic mass is 32.1. The van der Waals surface area contributed by atoms with Gasteiger partial charge in [-0.2, -0.15) is 0 Å². The first-order valence-corrected chi connectivity index (χ1v) is 7.59. The first-order valence-electron chi connectivity index (χ1n) is 6.71. The van der Waals surface area contributed by atoms with Crippen LogP contribution in [0.3, 0.4) is 0 Å². The van der Waals surface area contributed by atoms with Crippen LogP contribution in [0, 0.1) is 0 Å². The second kappa shape index (κ2) is 8.11. The Morgan fingerprint density at radius 2 is 1.91 bits per heavy atom. The summed E-state index contributed by atoms with van der Waals surface area (Å²) in [6.45, 7) is -0.0352. The summed E-state index contributed by atoms with van der Waals surface area (Å²) in [5, 5.41) is 15.8. The van der Waals surface area contributed by atoms with Gasteiger partial charge in [-0.25, -0.2) is 0 Å². The lowest BCUT2D eigenvalue weighted by Crippen LogP contribution is -2.36.